The molecular formula is C12H17N5S. The van der Waals surface area contributed by atoms with Crippen LogP contribution in [0.2, 0.25) is 0 Å². The first-order chi connectivity index (χ1) is 8.66. The van der Waals surface area contributed by atoms with Gasteiger partial charge in [0.25, 0.3) is 0 Å². The van der Waals surface area contributed by atoms with Crippen LogP contribution in [0.15, 0.2) is 34.8 Å². The summed E-state index contributed by atoms with van der Waals surface area (Å²) in [5.74, 6) is 0. The molecule has 5 nitrogen and oxygen atoms in total. The van der Waals surface area contributed by atoms with Crippen molar-refractivity contribution in [2.45, 2.75) is 36.6 Å². The first-order valence-corrected chi connectivity index (χ1v) is 6.67. The fraction of sp³-hybridized carbons (Fsp3) is 0.417. The SMILES string of the molecule is CC(C)NCc1cccnc1Sc1nncn1C. The fourth-order valence-corrected chi connectivity index (χ4v) is 2.25. The van der Waals surface area contributed by atoms with Gasteiger partial charge in [-0.15, -0.1) is 10.2 Å². The maximum atomic E-state index is 4.41. The van der Waals surface area contributed by atoms with Crippen molar-refractivity contribution in [1.29, 1.82) is 0 Å². The highest BCUT2D eigenvalue weighted by Crippen LogP contribution is 2.26. The van der Waals surface area contributed by atoms with Crippen molar-refractivity contribution in [2.75, 3.05) is 0 Å². The van der Waals surface area contributed by atoms with Crippen LogP contribution in [-0.4, -0.2) is 25.8 Å². The van der Waals surface area contributed by atoms with Crippen LogP contribution in [-0.2, 0) is 13.6 Å². The van der Waals surface area contributed by atoms with Crippen molar-refractivity contribution in [3.63, 3.8) is 0 Å². The van der Waals surface area contributed by atoms with E-state index in [1.807, 2.05) is 17.7 Å². The summed E-state index contributed by atoms with van der Waals surface area (Å²) in [4.78, 5) is 4.41. The van der Waals surface area contributed by atoms with Gasteiger partial charge < -0.3 is 9.88 Å². The second-order valence-electron chi connectivity index (χ2n) is 4.33. The second-order valence-corrected chi connectivity index (χ2v) is 5.29. The van der Waals surface area contributed by atoms with Gasteiger partial charge in [-0.05, 0) is 23.4 Å². The Morgan fingerprint density at radius 3 is 2.94 bits per heavy atom. The molecule has 2 rings (SSSR count). The highest BCUT2D eigenvalue weighted by molar-refractivity contribution is 7.99. The van der Waals surface area contributed by atoms with Crippen molar-refractivity contribution in [3.8, 4) is 0 Å². The standard InChI is InChI=1S/C12H17N5S/c1-9(2)14-7-10-5-4-6-13-11(10)18-12-16-15-8-17(12)3/h4-6,8-9,14H,7H2,1-3H3. The summed E-state index contributed by atoms with van der Waals surface area (Å²) in [7, 11) is 1.93. The predicted molar refractivity (Wildman–Crippen MR) is 71.3 cm³/mol. The molecule has 1 N–H and O–H groups in total. The van der Waals surface area contributed by atoms with Crippen LogP contribution in [0.1, 0.15) is 19.4 Å². The van der Waals surface area contributed by atoms with Gasteiger partial charge in [-0.2, -0.15) is 0 Å². The van der Waals surface area contributed by atoms with E-state index >= 15 is 0 Å². The number of rotatable bonds is 5. The Hall–Kier alpha value is -1.40. The van der Waals surface area contributed by atoms with E-state index in [4.69, 9.17) is 0 Å². The largest absolute Gasteiger partial charge is 0.311 e. The number of hydrogen-bond acceptors (Lipinski definition) is 5. The van der Waals surface area contributed by atoms with E-state index in [-0.39, 0.29) is 0 Å². The molecule has 96 valence electrons. The summed E-state index contributed by atoms with van der Waals surface area (Å²) in [6, 6.07) is 4.50. The maximum absolute atomic E-state index is 4.41. The quantitative estimate of drug-likeness (QED) is 0.892. The van der Waals surface area contributed by atoms with Gasteiger partial charge in [-0.3, -0.25) is 0 Å². The molecule has 0 aliphatic rings. The Morgan fingerprint density at radius 1 is 1.44 bits per heavy atom. The molecular weight excluding hydrogens is 246 g/mol. The zero-order chi connectivity index (χ0) is 13.0. The van der Waals surface area contributed by atoms with Crippen LogP contribution < -0.4 is 5.32 Å². The third-order valence-electron chi connectivity index (χ3n) is 2.41. The zero-order valence-corrected chi connectivity index (χ0v) is 11.6. The lowest BCUT2D eigenvalue weighted by Gasteiger charge is -2.10. The molecule has 0 bridgehead atoms. The van der Waals surface area contributed by atoms with Crippen LogP contribution in [0.3, 0.4) is 0 Å². The lowest BCUT2D eigenvalue weighted by Crippen LogP contribution is -2.22. The van der Waals surface area contributed by atoms with E-state index in [0.29, 0.717) is 6.04 Å². The highest BCUT2D eigenvalue weighted by atomic mass is 32.2. The molecule has 0 unspecified atom stereocenters. The third-order valence-corrected chi connectivity index (χ3v) is 3.52. The van der Waals surface area contributed by atoms with Gasteiger partial charge in [0.1, 0.15) is 11.4 Å². The molecule has 0 radical (unpaired) electrons. The normalized spacial score (nSPS) is 11.1. The summed E-state index contributed by atoms with van der Waals surface area (Å²) < 4.78 is 1.89. The monoisotopic (exact) mass is 263 g/mol. The molecule has 2 aromatic heterocycles. The van der Waals surface area contributed by atoms with Crippen LogP contribution in [0.25, 0.3) is 0 Å². The van der Waals surface area contributed by atoms with E-state index in [9.17, 15) is 0 Å². The van der Waals surface area contributed by atoms with Crippen LogP contribution in [0, 0.1) is 0 Å². The Morgan fingerprint density at radius 2 is 2.28 bits per heavy atom. The number of hydrogen-bond donors (Lipinski definition) is 1. The molecule has 0 spiro atoms. The Kier molecular flexibility index (Phi) is 4.33. The molecule has 0 amide bonds. The molecule has 0 saturated heterocycles. The van der Waals surface area contributed by atoms with Gasteiger partial charge in [0, 0.05) is 25.8 Å². The lowest BCUT2D eigenvalue weighted by molar-refractivity contribution is 0.582. The predicted octanol–water partition coefficient (Wildman–Crippen LogP) is 1.86. The van der Waals surface area contributed by atoms with Crippen molar-refractivity contribution < 1.29 is 0 Å². The molecule has 18 heavy (non-hydrogen) atoms. The Balaban J connectivity index is 2.14. The summed E-state index contributed by atoms with van der Waals surface area (Å²) in [6.45, 7) is 5.07. The van der Waals surface area contributed by atoms with Crippen LogP contribution in [0.4, 0.5) is 0 Å². The molecule has 0 atom stereocenters. The van der Waals surface area contributed by atoms with E-state index in [1.54, 1.807) is 12.5 Å². The van der Waals surface area contributed by atoms with Gasteiger partial charge >= 0.3 is 0 Å². The van der Waals surface area contributed by atoms with E-state index in [1.165, 1.54) is 17.3 Å². The first-order valence-electron chi connectivity index (χ1n) is 5.86. The zero-order valence-electron chi connectivity index (χ0n) is 10.8. The van der Waals surface area contributed by atoms with Gasteiger partial charge in [0.2, 0.25) is 0 Å². The van der Waals surface area contributed by atoms with Gasteiger partial charge in [0.15, 0.2) is 5.16 Å². The first kappa shape index (κ1) is 13.0. The van der Waals surface area contributed by atoms with Crippen LogP contribution >= 0.6 is 11.8 Å². The molecule has 2 aromatic rings. The number of nitrogens with one attached hydrogen (secondary N) is 1. The van der Waals surface area contributed by atoms with Crippen molar-refractivity contribution >= 4 is 11.8 Å². The number of pyridine rings is 1. The van der Waals surface area contributed by atoms with Crippen molar-refractivity contribution in [3.05, 3.63) is 30.2 Å². The summed E-state index contributed by atoms with van der Waals surface area (Å²) in [5.41, 5.74) is 1.18. The number of aromatic nitrogens is 4. The minimum atomic E-state index is 0.456. The molecule has 0 aliphatic heterocycles. The average Bonchev–Trinajstić information content (AvgIpc) is 2.74. The maximum Gasteiger partial charge on any atom is 0.197 e. The Bertz CT molecular complexity index is 509. The molecule has 2 heterocycles. The van der Waals surface area contributed by atoms with E-state index in [0.717, 1.165) is 16.7 Å². The summed E-state index contributed by atoms with van der Waals surface area (Å²) in [5, 5.41) is 13.2. The molecule has 0 aliphatic carbocycles. The number of nitrogens with zero attached hydrogens (tertiary/aromatic N) is 4. The third kappa shape index (κ3) is 3.30. The molecule has 0 saturated carbocycles. The van der Waals surface area contributed by atoms with E-state index in [2.05, 4.69) is 40.4 Å². The second kappa shape index (κ2) is 5.97. The number of aryl methyl sites for hydroxylation is 1. The molecule has 6 heteroatoms. The summed E-state index contributed by atoms with van der Waals surface area (Å²) in [6.07, 6.45) is 3.49. The molecule has 0 aromatic carbocycles. The lowest BCUT2D eigenvalue weighted by atomic mass is 10.2. The molecule has 0 fully saturated rings. The highest BCUT2D eigenvalue weighted by Gasteiger charge is 2.09. The smallest absolute Gasteiger partial charge is 0.197 e. The topological polar surface area (TPSA) is 55.6 Å². The van der Waals surface area contributed by atoms with Gasteiger partial charge in [-0.1, -0.05) is 19.9 Å². The fourth-order valence-electron chi connectivity index (χ4n) is 1.42. The van der Waals surface area contributed by atoms with Crippen molar-refractivity contribution in [1.82, 2.24) is 25.1 Å². The van der Waals surface area contributed by atoms with Crippen LogP contribution in [0.5, 0.6) is 0 Å². The Labute approximate surface area is 111 Å². The van der Waals surface area contributed by atoms with Crippen molar-refractivity contribution in [2.24, 2.45) is 7.05 Å². The van der Waals surface area contributed by atoms with Gasteiger partial charge in [0.05, 0.1) is 0 Å². The van der Waals surface area contributed by atoms with Gasteiger partial charge in [-0.25, -0.2) is 4.98 Å². The van der Waals surface area contributed by atoms with E-state index < -0.39 is 0 Å². The summed E-state index contributed by atoms with van der Waals surface area (Å²) >= 11 is 1.54. The average molecular weight is 263 g/mol. The minimum Gasteiger partial charge on any atom is -0.311 e. The minimum absolute atomic E-state index is 0.456.